The molecule has 0 radical (unpaired) electrons. The minimum atomic E-state index is -0.674. The van der Waals surface area contributed by atoms with Crippen LogP contribution in [-0.2, 0) is 30.4 Å². The molecular formula is C18H20N4O3. The molecule has 0 saturated heterocycles. The summed E-state index contributed by atoms with van der Waals surface area (Å²) in [7, 11) is 1.95. The molecule has 2 aromatic heterocycles. The van der Waals surface area contributed by atoms with Gasteiger partial charge in [0.2, 0.25) is 0 Å². The number of nitrogens with one attached hydrogen (secondary N) is 1. The van der Waals surface area contributed by atoms with Crippen molar-refractivity contribution < 1.29 is 14.1 Å². The minimum absolute atomic E-state index is 0.285. The Morgan fingerprint density at radius 1 is 1.32 bits per heavy atom. The number of imidazole rings is 1. The SMILES string of the molecule is Cn1c(C(C)(C)NC(=O)c2noc3c2COCC3)nc2ccccc21. The van der Waals surface area contributed by atoms with Crippen molar-refractivity contribution in [2.24, 2.45) is 7.05 Å². The lowest BCUT2D eigenvalue weighted by Crippen LogP contribution is -2.43. The van der Waals surface area contributed by atoms with E-state index in [0.717, 1.165) is 28.2 Å². The van der Waals surface area contributed by atoms with E-state index in [1.165, 1.54) is 0 Å². The van der Waals surface area contributed by atoms with Crippen molar-refractivity contribution in [1.29, 1.82) is 0 Å². The van der Waals surface area contributed by atoms with Gasteiger partial charge >= 0.3 is 0 Å². The number of ether oxygens (including phenoxy) is 1. The predicted octanol–water partition coefficient (Wildman–Crippen LogP) is 2.30. The summed E-state index contributed by atoms with van der Waals surface area (Å²) in [5.41, 5.74) is 2.28. The highest BCUT2D eigenvalue weighted by Crippen LogP contribution is 2.25. The van der Waals surface area contributed by atoms with Crippen LogP contribution < -0.4 is 5.32 Å². The van der Waals surface area contributed by atoms with E-state index in [2.05, 4.69) is 15.5 Å². The zero-order valence-corrected chi connectivity index (χ0v) is 14.5. The van der Waals surface area contributed by atoms with Gasteiger partial charge in [-0.2, -0.15) is 0 Å². The second-order valence-electron chi connectivity index (χ2n) is 6.80. The molecule has 1 aliphatic rings. The monoisotopic (exact) mass is 340 g/mol. The quantitative estimate of drug-likeness (QED) is 0.791. The highest BCUT2D eigenvalue weighted by Gasteiger charge is 2.32. The number of carbonyl (C=O) groups is 1. The fourth-order valence-corrected chi connectivity index (χ4v) is 3.31. The van der Waals surface area contributed by atoms with Gasteiger partial charge in [0.05, 0.1) is 35.3 Å². The molecule has 1 amide bonds. The second kappa shape index (κ2) is 5.70. The normalized spacial score (nSPS) is 14.5. The minimum Gasteiger partial charge on any atom is -0.376 e. The van der Waals surface area contributed by atoms with Gasteiger partial charge in [-0.05, 0) is 26.0 Å². The van der Waals surface area contributed by atoms with E-state index in [9.17, 15) is 4.79 Å². The molecule has 0 spiro atoms. The number of hydrogen-bond donors (Lipinski definition) is 1. The molecule has 0 bridgehead atoms. The highest BCUT2D eigenvalue weighted by atomic mass is 16.5. The van der Waals surface area contributed by atoms with Crippen molar-refractivity contribution in [3.8, 4) is 0 Å². The van der Waals surface area contributed by atoms with Crippen molar-refractivity contribution in [1.82, 2.24) is 20.0 Å². The summed E-state index contributed by atoms with van der Waals surface area (Å²) in [6.07, 6.45) is 0.643. The van der Waals surface area contributed by atoms with Gasteiger partial charge in [0.15, 0.2) is 5.69 Å². The van der Waals surface area contributed by atoms with Crippen LogP contribution in [0.3, 0.4) is 0 Å². The first-order chi connectivity index (χ1) is 12.0. The van der Waals surface area contributed by atoms with Crippen LogP contribution in [-0.4, -0.2) is 27.2 Å². The van der Waals surface area contributed by atoms with Gasteiger partial charge in [-0.25, -0.2) is 4.98 Å². The number of carbonyl (C=O) groups excluding carboxylic acids is 1. The summed E-state index contributed by atoms with van der Waals surface area (Å²) in [5.74, 6) is 1.22. The molecule has 0 fully saturated rings. The van der Waals surface area contributed by atoms with Crippen molar-refractivity contribution in [2.45, 2.75) is 32.4 Å². The number of fused-ring (bicyclic) bond motifs is 2. The fourth-order valence-electron chi connectivity index (χ4n) is 3.31. The van der Waals surface area contributed by atoms with Crippen LogP contribution >= 0.6 is 0 Å². The Morgan fingerprint density at radius 2 is 2.12 bits per heavy atom. The molecule has 7 nitrogen and oxygen atoms in total. The van der Waals surface area contributed by atoms with E-state index in [0.29, 0.717) is 25.3 Å². The number of benzene rings is 1. The van der Waals surface area contributed by atoms with Crippen molar-refractivity contribution >= 4 is 16.9 Å². The van der Waals surface area contributed by atoms with Crippen LogP contribution in [0.5, 0.6) is 0 Å². The summed E-state index contributed by atoms with van der Waals surface area (Å²) in [4.78, 5) is 17.5. The molecule has 0 aliphatic carbocycles. The van der Waals surface area contributed by atoms with Crippen molar-refractivity contribution in [3.63, 3.8) is 0 Å². The molecule has 0 unspecified atom stereocenters. The van der Waals surface area contributed by atoms with E-state index in [-0.39, 0.29) is 5.91 Å². The second-order valence-corrected chi connectivity index (χ2v) is 6.80. The lowest BCUT2D eigenvalue weighted by molar-refractivity contribution is 0.0882. The van der Waals surface area contributed by atoms with Gasteiger partial charge in [-0.15, -0.1) is 0 Å². The predicted molar refractivity (Wildman–Crippen MR) is 91.1 cm³/mol. The Hall–Kier alpha value is -2.67. The number of para-hydroxylation sites is 2. The average Bonchev–Trinajstić information content (AvgIpc) is 3.17. The number of rotatable bonds is 3. The molecule has 3 aromatic rings. The van der Waals surface area contributed by atoms with Crippen LogP contribution in [0.25, 0.3) is 11.0 Å². The Kier molecular flexibility index (Phi) is 3.61. The summed E-state index contributed by atoms with van der Waals surface area (Å²) >= 11 is 0. The number of hydrogen-bond acceptors (Lipinski definition) is 5. The maximum atomic E-state index is 12.8. The van der Waals surface area contributed by atoms with Crippen LogP contribution in [0.4, 0.5) is 0 Å². The lowest BCUT2D eigenvalue weighted by atomic mass is 10.0. The van der Waals surface area contributed by atoms with Crippen molar-refractivity contribution in [3.05, 3.63) is 47.1 Å². The fraction of sp³-hybridized carbons (Fsp3) is 0.389. The highest BCUT2D eigenvalue weighted by molar-refractivity contribution is 5.94. The first-order valence-electron chi connectivity index (χ1n) is 8.27. The third-order valence-electron chi connectivity index (χ3n) is 4.58. The Bertz CT molecular complexity index is 955. The molecule has 1 N–H and O–H groups in total. The smallest absolute Gasteiger partial charge is 0.274 e. The number of aromatic nitrogens is 3. The molecule has 3 heterocycles. The maximum Gasteiger partial charge on any atom is 0.274 e. The molecule has 1 aliphatic heterocycles. The van der Waals surface area contributed by atoms with Gasteiger partial charge in [0.25, 0.3) is 5.91 Å². The van der Waals surface area contributed by atoms with E-state index >= 15 is 0 Å². The van der Waals surface area contributed by atoms with E-state index < -0.39 is 5.54 Å². The summed E-state index contributed by atoms with van der Waals surface area (Å²) in [5, 5.41) is 6.97. The summed E-state index contributed by atoms with van der Waals surface area (Å²) < 4.78 is 12.7. The van der Waals surface area contributed by atoms with Crippen LogP contribution in [0.2, 0.25) is 0 Å². The van der Waals surface area contributed by atoms with Gasteiger partial charge in [0, 0.05) is 13.5 Å². The zero-order chi connectivity index (χ0) is 17.6. The van der Waals surface area contributed by atoms with Crippen LogP contribution in [0, 0.1) is 0 Å². The van der Waals surface area contributed by atoms with E-state index in [4.69, 9.17) is 9.26 Å². The number of nitrogens with zero attached hydrogens (tertiary/aromatic N) is 3. The van der Waals surface area contributed by atoms with Crippen LogP contribution in [0.15, 0.2) is 28.8 Å². The zero-order valence-electron chi connectivity index (χ0n) is 14.5. The maximum absolute atomic E-state index is 12.8. The summed E-state index contributed by atoms with van der Waals surface area (Å²) in [6.45, 7) is 4.80. The third kappa shape index (κ3) is 2.60. The van der Waals surface area contributed by atoms with Gasteiger partial charge < -0.3 is 19.1 Å². The largest absolute Gasteiger partial charge is 0.376 e. The molecule has 7 heteroatoms. The molecule has 0 saturated carbocycles. The molecule has 130 valence electrons. The molecule has 4 rings (SSSR count). The molecular weight excluding hydrogens is 320 g/mol. The third-order valence-corrected chi connectivity index (χ3v) is 4.58. The van der Waals surface area contributed by atoms with Gasteiger partial charge in [-0.1, -0.05) is 17.3 Å². The molecule has 1 aromatic carbocycles. The van der Waals surface area contributed by atoms with Crippen molar-refractivity contribution in [2.75, 3.05) is 6.61 Å². The van der Waals surface area contributed by atoms with E-state index in [1.54, 1.807) is 0 Å². The number of amides is 1. The van der Waals surface area contributed by atoms with Gasteiger partial charge in [-0.3, -0.25) is 4.79 Å². The Labute approximate surface area is 145 Å². The van der Waals surface area contributed by atoms with Crippen LogP contribution in [0.1, 0.15) is 41.5 Å². The standard InChI is InChI=1S/C18H20N4O3/c1-18(2,17-19-12-6-4-5-7-13(12)22(17)3)20-16(23)15-11-10-24-9-8-14(11)25-21-15/h4-7H,8-10H2,1-3H3,(H,20,23). The molecule has 0 atom stereocenters. The van der Waals surface area contributed by atoms with E-state index in [1.807, 2.05) is 49.7 Å². The Balaban J connectivity index is 1.65. The average molecular weight is 340 g/mol. The lowest BCUT2D eigenvalue weighted by Gasteiger charge is -2.25. The first-order valence-corrected chi connectivity index (χ1v) is 8.27. The topological polar surface area (TPSA) is 82.2 Å². The summed E-state index contributed by atoms with van der Waals surface area (Å²) in [6, 6.07) is 7.89. The van der Waals surface area contributed by atoms with Gasteiger partial charge in [0.1, 0.15) is 11.6 Å². The number of aryl methyl sites for hydroxylation is 1. The Morgan fingerprint density at radius 3 is 2.92 bits per heavy atom. The molecule has 25 heavy (non-hydrogen) atoms. The first kappa shape index (κ1) is 15.8.